The lowest BCUT2D eigenvalue weighted by Crippen LogP contribution is -2.39. The van der Waals surface area contributed by atoms with Gasteiger partial charge in [-0.1, -0.05) is 78.4 Å². The molecule has 1 aromatic carbocycles. The van der Waals surface area contributed by atoms with Gasteiger partial charge >= 0.3 is 7.12 Å². The molecule has 0 spiro atoms. The van der Waals surface area contributed by atoms with Crippen molar-refractivity contribution in [3.05, 3.63) is 29.8 Å². The molecule has 0 saturated carbocycles. The van der Waals surface area contributed by atoms with Crippen LogP contribution in [0.2, 0.25) is 0 Å². The molecule has 0 fully saturated rings. The summed E-state index contributed by atoms with van der Waals surface area (Å²) in [5.41, 5.74) is 1.03. The van der Waals surface area contributed by atoms with Gasteiger partial charge in [0, 0.05) is 18.7 Å². The Balaban J connectivity index is 2.97. The number of carbonyl (C=O) groups is 1. The van der Waals surface area contributed by atoms with Crippen LogP contribution < -0.4 is 5.46 Å². The van der Waals surface area contributed by atoms with E-state index in [2.05, 4.69) is 32.6 Å². The lowest BCUT2D eigenvalue weighted by molar-refractivity contribution is 0.0685. The lowest BCUT2D eigenvalue weighted by atomic mass is 9.80. The molecular formula is C23H40BNO3. The Morgan fingerprint density at radius 3 is 1.71 bits per heavy atom. The molecule has 1 rings (SSSR count). The monoisotopic (exact) mass is 389 g/mol. The molecule has 0 radical (unpaired) electrons. The zero-order valence-corrected chi connectivity index (χ0v) is 18.4. The van der Waals surface area contributed by atoms with Crippen molar-refractivity contribution in [1.82, 2.24) is 4.90 Å². The largest absolute Gasteiger partial charge is 0.488 e. The van der Waals surface area contributed by atoms with Gasteiger partial charge in [-0.3, -0.25) is 4.79 Å². The summed E-state index contributed by atoms with van der Waals surface area (Å²) in [7, 11) is -1.50. The van der Waals surface area contributed by atoms with Gasteiger partial charge in [0.2, 0.25) is 0 Å². The van der Waals surface area contributed by atoms with Gasteiger partial charge in [0.15, 0.2) is 0 Å². The third-order valence-electron chi connectivity index (χ3n) is 5.79. The molecule has 0 aliphatic heterocycles. The van der Waals surface area contributed by atoms with Crippen LogP contribution in [0, 0.1) is 11.8 Å². The smallest absolute Gasteiger partial charge is 0.423 e. The maximum Gasteiger partial charge on any atom is 0.488 e. The van der Waals surface area contributed by atoms with E-state index in [1.807, 2.05) is 0 Å². The van der Waals surface area contributed by atoms with Crippen molar-refractivity contribution < 1.29 is 14.8 Å². The SMILES string of the molecule is CCCCC(CC)CN(CC(CC)CCCC)C(=O)c1ccc(B(O)O)cc1. The summed E-state index contributed by atoms with van der Waals surface area (Å²) < 4.78 is 0. The van der Waals surface area contributed by atoms with Gasteiger partial charge in [0.1, 0.15) is 0 Å². The molecule has 0 aliphatic rings. The minimum atomic E-state index is -1.50. The Kier molecular flexibility index (Phi) is 12.2. The average molecular weight is 389 g/mol. The van der Waals surface area contributed by atoms with E-state index in [0.29, 0.717) is 22.9 Å². The van der Waals surface area contributed by atoms with Crippen molar-refractivity contribution in [2.45, 2.75) is 79.1 Å². The Labute approximate surface area is 172 Å². The molecule has 1 amide bonds. The maximum atomic E-state index is 13.3. The third-order valence-corrected chi connectivity index (χ3v) is 5.79. The molecule has 5 heteroatoms. The van der Waals surface area contributed by atoms with Gasteiger partial charge in [0.25, 0.3) is 5.91 Å². The van der Waals surface area contributed by atoms with E-state index in [9.17, 15) is 14.8 Å². The highest BCUT2D eigenvalue weighted by Gasteiger charge is 2.23. The number of unbranched alkanes of at least 4 members (excludes halogenated alkanes) is 2. The van der Waals surface area contributed by atoms with Gasteiger partial charge in [0.05, 0.1) is 0 Å². The molecule has 1 aromatic rings. The van der Waals surface area contributed by atoms with Crippen molar-refractivity contribution in [3.63, 3.8) is 0 Å². The van der Waals surface area contributed by atoms with E-state index in [4.69, 9.17) is 0 Å². The summed E-state index contributed by atoms with van der Waals surface area (Å²) in [6.45, 7) is 10.5. The highest BCUT2D eigenvalue weighted by Crippen LogP contribution is 2.20. The average Bonchev–Trinajstić information content (AvgIpc) is 2.72. The molecule has 28 heavy (non-hydrogen) atoms. The first-order valence-electron chi connectivity index (χ1n) is 11.2. The second kappa shape index (κ2) is 13.8. The van der Waals surface area contributed by atoms with Gasteiger partial charge in [-0.25, -0.2) is 0 Å². The normalized spacial score (nSPS) is 13.2. The summed E-state index contributed by atoms with van der Waals surface area (Å²) in [6, 6.07) is 6.67. The third kappa shape index (κ3) is 8.36. The molecule has 0 aromatic heterocycles. The van der Waals surface area contributed by atoms with Crippen LogP contribution in [0.3, 0.4) is 0 Å². The van der Waals surface area contributed by atoms with Gasteiger partial charge in [-0.05, 0) is 42.3 Å². The van der Waals surface area contributed by atoms with E-state index in [1.165, 1.54) is 25.7 Å². The molecule has 0 aliphatic carbocycles. The summed E-state index contributed by atoms with van der Waals surface area (Å²) in [6.07, 6.45) is 9.28. The van der Waals surface area contributed by atoms with E-state index in [1.54, 1.807) is 24.3 Å². The number of hydrogen-bond donors (Lipinski definition) is 2. The van der Waals surface area contributed by atoms with Gasteiger partial charge in [-0.2, -0.15) is 0 Å². The summed E-state index contributed by atoms with van der Waals surface area (Å²) >= 11 is 0. The molecule has 0 bridgehead atoms. The predicted octanol–water partition coefficient (Wildman–Crippen LogP) is 4.24. The summed E-state index contributed by atoms with van der Waals surface area (Å²) in [5.74, 6) is 1.13. The van der Waals surface area contributed by atoms with E-state index in [-0.39, 0.29) is 5.91 Å². The molecule has 4 nitrogen and oxygen atoms in total. The van der Waals surface area contributed by atoms with Crippen LogP contribution in [0.1, 0.15) is 89.4 Å². The highest BCUT2D eigenvalue weighted by molar-refractivity contribution is 6.58. The summed E-state index contributed by atoms with van der Waals surface area (Å²) in [5, 5.41) is 18.6. The van der Waals surface area contributed by atoms with E-state index < -0.39 is 7.12 Å². The minimum absolute atomic E-state index is 0.0591. The molecule has 158 valence electrons. The first-order chi connectivity index (χ1) is 13.5. The fourth-order valence-corrected chi connectivity index (χ4v) is 3.68. The Hall–Kier alpha value is -1.33. The van der Waals surface area contributed by atoms with Crippen LogP contribution in [0.25, 0.3) is 0 Å². The number of amides is 1. The van der Waals surface area contributed by atoms with E-state index >= 15 is 0 Å². The van der Waals surface area contributed by atoms with Crippen molar-refractivity contribution >= 4 is 18.5 Å². The summed E-state index contributed by atoms with van der Waals surface area (Å²) in [4.78, 5) is 15.3. The number of benzene rings is 1. The highest BCUT2D eigenvalue weighted by atomic mass is 16.4. The molecule has 0 heterocycles. The van der Waals surface area contributed by atoms with Crippen molar-refractivity contribution in [3.8, 4) is 0 Å². The fraction of sp³-hybridized carbons (Fsp3) is 0.696. The molecule has 2 atom stereocenters. The number of carbonyl (C=O) groups excluding carboxylic acids is 1. The lowest BCUT2D eigenvalue weighted by Gasteiger charge is -2.31. The Morgan fingerprint density at radius 1 is 0.893 bits per heavy atom. The second-order valence-corrected chi connectivity index (χ2v) is 8.04. The molecule has 2 unspecified atom stereocenters. The molecule has 0 saturated heterocycles. The molecular weight excluding hydrogens is 349 g/mol. The predicted molar refractivity (Wildman–Crippen MR) is 119 cm³/mol. The fourth-order valence-electron chi connectivity index (χ4n) is 3.68. The minimum Gasteiger partial charge on any atom is -0.423 e. The van der Waals surface area contributed by atoms with Crippen LogP contribution in [-0.4, -0.2) is 41.1 Å². The van der Waals surface area contributed by atoms with Crippen LogP contribution in [0.15, 0.2) is 24.3 Å². The standard InChI is InChI=1S/C23H40BNO3/c1-5-9-11-19(7-3)17-25(18-20(8-4)12-10-6-2)23(26)21-13-15-22(16-14-21)24(27)28/h13-16,19-20,27-28H,5-12,17-18H2,1-4H3. The quantitative estimate of drug-likeness (QED) is 0.468. The van der Waals surface area contributed by atoms with Gasteiger partial charge < -0.3 is 14.9 Å². The Morgan fingerprint density at radius 2 is 1.36 bits per heavy atom. The van der Waals surface area contributed by atoms with Crippen molar-refractivity contribution in [1.29, 1.82) is 0 Å². The zero-order chi connectivity index (χ0) is 20.9. The van der Waals surface area contributed by atoms with Crippen molar-refractivity contribution in [2.75, 3.05) is 13.1 Å². The first kappa shape index (κ1) is 24.7. The van der Waals surface area contributed by atoms with Crippen LogP contribution in [0.5, 0.6) is 0 Å². The topological polar surface area (TPSA) is 60.8 Å². The first-order valence-corrected chi connectivity index (χ1v) is 11.2. The zero-order valence-electron chi connectivity index (χ0n) is 18.4. The van der Waals surface area contributed by atoms with Crippen LogP contribution >= 0.6 is 0 Å². The van der Waals surface area contributed by atoms with Crippen LogP contribution in [-0.2, 0) is 0 Å². The van der Waals surface area contributed by atoms with Crippen LogP contribution in [0.4, 0.5) is 0 Å². The number of nitrogens with zero attached hydrogens (tertiary/aromatic N) is 1. The maximum absolute atomic E-state index is 13.3. The number of rotatable bonds is 14. The van der Waals surface area contributed by atoms with E-state index in [0.717, 1.165) is 38.8 Å². The second-order valence-electron chi connectivity index (χ2n) is 8.04. The molecule has 2 N–H and O–H groups in total. The Bertz CT molecular complexity index is 529. The van der Waals surface area contributed by atoms with Crippen molar-refractivity contribution in [2.24, 2.45) is 11.8 Å². The number of hydrogen-bond acceptors (Lipinski definition) is 3. The van der Waals surface area contributed by atoms with Gasteiger partial charge in [-0.15, -0.1) is 0 Å².